The van der Waals surface area contributed by atoms with Gasteiger partial charge in [-0.15, -0.1) is 0 Å². The van der Waals surface area contributed by atoms with Crippen LogP contribution in [0, 0.1) is 5.82 Å². The Morgan fingerprint density at radius 1 is 1.10 bits per heavy atom. The number of rotatable bonds is 7. The number of hydrogen-bond acceptors (Lipinski definition) is 2. The van der Waals surface area contributed by atoms with Gasteiger partial charge in [0.25, 0.3) is 0 Å². The summed E-state index contributed by atoms with van der Waals surface area (Å²) in [5, 5.41) is 3.49. The lowest BCUT2D eigenvalue weighted by molar-refractivity contribution is 0.185. The van der Waals surface area contributed by atoms with Crippen LogP contribution in [0.1, 0.15) is 36.1 Å². The summed E-state index contributed by atoms with van der Waals surface area (Å²) in [7, 11) is 1.70. The second kappa shape index (κ2) is 7.91. The van der Waals surface area contributed by atoms with E-state index in [9.17, 15) is 4.39 Å². The molecular weight excluding hydrogens is 265 g/mol. The largest absolute Gasteiger partial charge is 0.380 e. The molecule has 2 rings (SSSR count). The number of methoxy groups -OCH3 is 1. The second-order valence-corrected chi connectivity index (χ2v) is 5.15. The summed E-state index contributed by atoms with van der Waals surface area (Å²) in [6.45, 7) is 3.48. The standard InChI is InChI=1S/C18H22FNO/c1-3-18(16-8-5-9-17(19)11-16)20-12-14-6-4-7-15(10-14)13-21-2/h4-11,18,20H,3,12-13H2,1-2H3. The molecule has 1 unspecified atom stereocenters. The van der Waals surface area contributed by atoms with Crippen LogP contribution in [0.5, 0.6) is 0 Å². The van der Waals surface area contributed by atoms with Gasteiger partial charge in [-0.1, -0.05) is 43.3 Å². The van der Waals surface area contributed by atoms with Gasteiger partial charge < -0.3 is 10.1 Å². The normalized spacial score (nSPS) is 12.3. The van der Waals surface area contributed by atoms with E-state index in [0.717, 1.165) is 24.1 Å². The summed E-state index contributed by atoms with van der Waals surface area (Å²) in [6.07, 6.45) is 0.918. The van der Waals surface area contributed by atoms with Crippen LogP contribution < -0.4 is 5.32 Å². The summed E-state index contributed by atoms with van der Waals surface area (Å²) in [5.74, 6) is -0.185. The highest BCUT2D eigenvalue weighted by atomic mass is 19.1. The molecule has 0 saturated carbocycles. The van der Waals surface area contributed by atoms with Gasteiger partial charge in [0.05, 0.1) is 6.61 Å². The minimum absolute atomic E-state index is 0.159. The SMILES string of the molecule is CCC(NCc1cccc(COC)c1)c1cccc(F)c1. The maximum Gasteiger partial charge on any atom is 0.123 e. The average molecular weight is 287 g/mol. The summed E-state index contributed by atoms with van der Waals surface area (Å²) in [6, 6.07) is 15.3. The van der Waals surface area contributed by atoms with Crippen LogP contribution in [-0.4, -0.2) is 7.11 Å². The van der Waals surface area contributed by atoms with Gasteiger partial charge in [-0.05, 0) is 35.2 Å². The van der Waals surface area contributed by atoms with Crippen LogP contribution >= 0.6 is 0 Å². The van der Waals surface area contributed by atoms with E-state index in [1.54, 1.807) is 19.2 Å². The number of halogens is 1. The van der Waals surface area contributed by atoms with Crippen LogP contribution in [0.15, 0.2) is 48.5 Å². The van der Waals surface area contributed by atoms with E-state index in [1.165, 1.54) is 11.6 Å². The Bertz CT molecular complexity index is 571. The molecule has 1 N–H and O–H groups in total. The molecule has 0 bridgehead atoms. The summed E-state index contributed by atoms with van der Waals surface area (Å²) < 4.78 is 18.5. The van der Waals surface area contributed by atoms with Crippen LogP contribution in [0.25, 0.3) is 0 Å². The molecule has 21 heavy (non-hydrogen) atoms. The molecule has 0 aliphatic carbocycles. The van der Waals surface area contributed by atoms with Crippen molar-refractivity contribution in [2.24, 2.45) is 0 Å². The van der Waals surface area contributed by atoms with E-state index < -0.39 is 0 Å². The molecule has 112 valence electrons. The Hall–Kier alpha value is -1.71. The molecule has 3 heteroatoms. The first kappa shape index (κ1) is 15.7. The van der Waals surface area contributed by atoms with E-state index in [1.807, 2.05) is 12.1 Å². The lowest BCUT2D eigenvalue weighted by Gasteiger charge is -2.18. The number of nitrogens with one attached hydrogen (secondary N) is 1. The van der Waals surface area contributed by atoms with Gasteiger partial charge in [0.1, 0.15) is 5.82 Å². The first-order valence-electron chi connectivity index (χ1n) is 7.28. The quantitative estimate of drug-likeness (QED) is 0.823. The Morgan fingerprint density at radius 2 is 1.86 bits per heavy atom. The van der Waals surface area contributed by atoms with Gasteiger partial charge in [-0.25, -0.2) is 4.39 Å². The first-order valence-corrected chi connectivity index (χ1v) is 7.28. The molecule has 2 aromatic rings. The number of ether oxygens (including phenoxy) is 1. The lowest BCUT2D eigenvalue weighted by Crippen LogP contribution is -2.20. The number of hydrogen-bond donors (Lipinski definition) is 1. The van der Waals surface area contributed by atoms with Crippen molar-refractivity contribution in [1.29, 1.82) is 0 Å². The van der Waals surface area contributed by atoms with Crippen molar-refractivity contribution in [1.82, 2.24) is 5.32 Å². The van der Waals surface area contributed by atoms with Crippen molar-refractivity contribution in [2.75, 3.05) is 7.11 Å². The summed E-state index contributed by atoms with van der Waals surface area (Å²) in [5.41, 5.74) is 3.36. The molecule has 0 saturated heterocycles. The van der Waals surface area contributed by atoms with E-state index in [0.29, 0.717) is 6.61 Å². The highest BCUT2D eigenvalue weighted by Gasteiger charge is 2.09. The van der Waals surface area contributed by atoms with Crippen LogP contribution in [0.2, 0.25) is 0 Å². The molecule has 1 atom stereocenters. The zero-order valence-electron chi connectivity index (χ0n) is 12.6. The third-order valence-electron chi connectivity index (χ3n) is 3.51. The van der Waals surface area contributed by atoms with Gasteiger partial charge in [0.15, 0.2) is 0 Å². The molecule has 2 nitrogen and oxygen atoms in total. The molecule has 0 aliphatic heterocycles. The number of benzene rings is 2. The fourth-order valence-corrected chi connectivity index (χ4v) is 2.46. The fraction of sp³-hybridized carbons (Fsp3) is 0.333. The first-order chi connectivity index (χ1) is 10.2. The third kappa shape index (κ3) is 4.66. The van der Waals surface area contributed by atoms with Crippen molar-refractivity contribution < 1.29 is 9.13 Å². The third-order valence-corrected chi connectivity index (χ3v) is 3.51. The Balaban J connectivity index is 2.01. The molecule has 0 spiro atoms. The van der Waals surface area contributed by atoms with Crippen molar-refractivity contribution >= 4 is 0 Å². The monoisotopic (exact) mass is 287 g/mol. The summed E-state index contributed by atoms with van der Waals surface area (Å²) >= 11 is 0. The predicted octanol–water partition coefficient (Wildman–Crippen LogP) is 4.21. The van der Waals surface area contributed by atoms with E-state index >= 15 is 0 Å². The molecule has 0 amide bonds. The minimum atomic E-state index is -0.185. The maximum atomic E-state index is 13.3. The predicted molar refractivity (Wildman–Crippen MR) is 83.4 cm³/mol. The second-order valence-electron chi connectivity index (χ2n) is 5.15. The van der Waals surface area contributed by atoms with E-state index in [4.69, 9.17) is 4.74 Å². The van der Waals surface area contributed by atoms with Crippen LogP contribution in [-0.2, 0) is 17.9 Å². The van der Waals surface area contributed by atoms with Crippen molar-refractivity contribution in [3.05, 3.63) is 71.0 Å². The Kier molecular flexibility index (Phi) is 5.90. The maximum absolute atomic E-state index is 13.3. The van der Waals surface area contributed by atoms with E-state index in [-0.39, 0.29) is 11.9 Å². The van der Waals surface area contributed by atoms with E-state index in [2.05, 4.69) is 30.4 Å². The van der Waals surface area contributed by atoms with Crippen molar-refractivity contribution in [3.63, 3.8) is 0 Å². The van der Waals surface area contributed by atoms with Crippen molar-refractivity contribution in [2.45, 2.75) is 32.5 Å². The van der Waals surface area contributed by atoms with Gasteiger partial charge in [0.2, 0.25) is 0 Å². The molecule has 2 aromatic carbocycles. The molecule has 0 aliphatic rings. The molecule has 0 fully saturated rings. The average Bonchev–Trinajstić information content (AvgIpc) is 2.49. The van der Waals surface area contributed by atoms with Gasteiger partial charge in [-0.2, -0.15) is 0 Å². The van der Waals surface area contributed by atoms with Gasteiger partial charge >= 0.3 is 0 Å². The zero-order chi connectivity index (χ0) is 15.1. The van der Waals surface area contributed by atoms with Crippen LogP contribution in [0.3, 0.4) is 0 Å². The fourth-order valence-electron chi connectivity index (χ4n) is 2.46. The van der Waals surface area contributed by atoms with Crippen LogP contribution in [0.4, 0.5) is 4.39 Å². The highest BCUT2D eigenvalue weighted by molar-refractivity contribution is 5.24. The van der Waals surface area contributed by atoms with Crippen molar-refractivity contribution in [3.8, 4) is 0 Å². The molecular formula is C18H22FNO. The smallest absolute Gasteiger partial charge is 0.123 e. The molecule has 0 radical (unpaired) electrons. The topological polar surface area (TPSA) is 21.3 Å². The minimum Gasteiger partial charge on any atom is -0.380 e. The summed E-state index contributed by atoms with van der Waals surface area (Å²) in [4.78, 5) is 0. The zero-order valence-corrected chi connectivity index (χ0v) is 12.6. The molecule has 0 heterocycles. The van der Waals surface area contributed by atoms with Gasteiger partial charge in [-0.3, -0.25) is 0 Å². The Morgan fingerprint density at radius 3 is 2.57 bits per heavy atom. The highest BCUT2D eigenvalue weighted by Crippen LogP contribution is 2.18. The lowest BCUT2D eigenvalue weighted by atomic mass is 10.0. The Labute approximate surface area is 126 Å². The van der Waals surface area contributed by atoms with Gasteiger partial charge in [0, 0.05) is 19.7 Å². The molecule has 0 aromatic heterocycles.